The lowest BCUT2D eigenvalue weighted by Crippen LogP contribution is -2.23. The largest absolute Gasteiger partial charge is 0.383 e. The molecule has 0 radical (unpaired) electrons. The minimum absolute atomic E-state index is 0.126. The fourth-order valence-electron chi connectivity index (χ4n) is 2.13. The number of hydrogen-bond acceptors (Lipinski definition) is 4. The van der Waals surface area contributed by atoms with Gasteiger partial charge < -0.3 is 11.5 Å². The summed E-state index contributed by atoms with van der Waals surface area (Å²) < 4.78 is 0. The topological polar surface area (TPSA) is 77.8 Å². The number of hydrogen-bond donors (Lipinski definition) is 2. The minimum atomic E-state index is -0.126. The van der Waals surface area contributed by atoms with Gasteiger partial charge in [0.15, 0.2) is 0 Å². The van der Waals surface area contributed by atoms with E-state index in [1.807, 2.05) is 18.2 Å². The molecular formula is C14H18N4. The van der Waals surface area contributed by atoms with Crippen molar-refractivity contribution in [1.82, 2.24) is 9.97 Å². The molecule has 0 aliphatic rings. The van der Waals surface area contributed by atoms with E-state index in [0.717, 1.165) is 12.0 Å². The molecule has 2 rings (SSSR count). The summed E-state index contributed by atoms with van der Waals surface area (Å²) in [5.74, 6) is 0.676. The third kappa shape index (κ3) is 2.59. The van der Waals surface area contributed by atoms with E-state index >= 15 is 0 Å². The second kappa shape index (κ2) is 4.64. The molecule has 0 aliphatic heterocycles. The van der Waals surface area contributed by atoms with Crippen molar-refractivity contribution in [3.05, 3.63) is 47.7 Å². The second-order valence-corrected chi connectivity index (χ2v) is 5.07. The molecule has 0 spiro atoms. The van der Waals surface area contributed by atoms with Crippen molar-refractivity contribution in [1.29, 1.82) is 0 Å². The highest BCUT2D eigenvalue weighted by Gasteiger charge is 2.24. The van der Waals surface area contributed by atoms with Gasteiger partial charge in [0.05, 0.1) is 0 Å². The summed E-state index contributed by atoms with van der Waals surface area (Å²) in [6.07, 6.45) is 2.60. The zero-order valence-corrected chi connectivity index (χ0v) is 10.7. The fourth-order valence-corrected chi connectivity index (χ4v) is 2.13. The van der Waals surface area contributed by atoms with Gasteiger partial charge in [0.2, 0.25) is 5.95 Å². The normalized spacial score (nSPS) is 11.4. The number of benzene rings is 1. The van der Waals surface area contributed by atoms with E-state index in [2.05, 4.69) is 35.9 Å². The monoisotopic (exact) mass is 242 g/mol. The Kier molecular flexibility index (Phi) is 3.19. The summed E-state index contributed by atoms with van der Waals surface area (Å²) in [4.78, 5) is 8.06. The van der Waals surface area contributed by atoms with Gasteiger partial charge in [-0.3, -0.25) is 0 Å². The number of nitrogens with two attached hydrogens (primary N) is 2. The van der Waals surface area contributed by atoms with Crippen LogP contribution in [0.4, 0.5) is 11.8 Å². The van der Waals surface area contributed by atoms with Crippen LogP contribution >= 0.6 is 0 Å². The van der Waals surface area contributed by atoms with Crippen molar-refractivity contribution in [2.24, 2.45) is 0 Å². The van der Waals surface area contributed by atoms with Crippen molar-refractivity contribution in [2.45, 2.75) is 25.7 Å². The van der Waals surface area contributed by atoms with E-state index in [0.29, 0.717) is 5.82 Å². The molecule has 1 heterocycles. The first-order chi connectivity index (χ1) is 8.49. The van der Waals surface area contributed by atoms with Crippen LogP contribution in [-0.2, 0) is 11.8 Å². The summed E-state index contributed by atoms with van der Waals surface area (Å²) in [6, 6.07) is 10.3. The maximum absolute atomic E-state index is 5.93. The molecule has 94 valence electrons. The molecule has 1 aromatic carbocycles. The van der Waals surface area contributed by atoms with Gasteiger partial charge in [-0.1, -0.05) is 44.2 Å². The zero-order chi connectivity index (χ0) is 13.2. The number of nitrogen functional groups attached to an aromatic ring is 2. The number of nitrogens with zero attached hydrogens (tertiary/aromatic N) is 2. The quantitative estimate of drug-likeness (QED) is 0.864. The van der Waals surface area contributed by atoms with Crippen LogP contribution in [0.3, 0.4) is 0 Å². The maximum Gasteiger partial charge on any atom is 0.221 e. The van der Waals surface area contributed by atoms with E-state index in [-0.39, 0.29) is 11.4 Å². The summed E-state index contributed by atoms with van der Waals surface area (Å²) in [5.41, 5.74) is 13.5. The Morgan fingerprint density at radius 1 is 1.11 bits per heavy atom. The number of rotatable bonds is 3. The fraction of sp³-hybridized carbons (Fsp3) is 0.286. The molecule has 4 nitrogen and oxygen atoms in total. The Labute approximate surface area is 107 Å². The Bertz CT molecular complexity index is 535. The van der Waals surface area contributed by atoms with Crippen molar-refractivity contribution in [3.8, 4) is 0 Å². The van der Waals surface area contributed by atoms with Crippen LogP contribution in [0.15, 0.2) is 36.5 Å². The average Bonchev–Trinajstić information content (AvgIpc) is 2.29. The lowest BCUT2D eigenvalue weighted by Gasteiger charge is -2.26. The molecule has 0 unspecified atom stereocenters. The molecule has 0 atom stereocenters. The molecule has 1 aromatic heterocycles. The van der Waals surface area contributed by atoms with Crippen LogP contribution in [0.1, 0.15) is 25.0 Å². The smallest absolute Gasteiger partial charge is 0.221 e. The van der Waals surface area contributed by atoms with Gasteiger partial charge in [0, 0.05) is 11.8 Å². The average molecular weight is 242 g/mol. The SMILES string of the molecule is CC(C)(Cc1ccccc1)c1cnc(N)nc1N. The third-order valence-electron chi connectivity index (χ3n) is 3.05. The van der Waals surface area contributed by atoms with Gasteiger partial charge in [-0.05, 0) is 17.4 Å². The minimum Gasteiger partial charge on any atom is -0.383 e. The van der Waals surface area contributed by atoms with E-state index in [1.165, 1.54) is 5.56 Å². The van der Waals surface area contributed by atoms with Gasteiger partial charge in [-0.2, -0.15) is 4.98 Å². The molecule has 2 aromatic rings. The summed E-state index contributed by atoms with van der Waals surface area (Å²) in [7, 11) is 0. The van der Waals surface area contributed by atoms with Crippen molar-refractivity contribution < 1.29 is 0 Å². The van der Waals surface area contributed by atoms with Crippen LogP contribution in [0.5, 0.6) is 0 Å². The predicted molar refractivity (Wildman–Crippen MR) is 74.0 cm³/mol. The Morgan fingerprint density at radius 2 is 1.78 bits per heavy atom. The van der Waals surface area contributed by atoms with E-state index in [1.54, 1.807) is 6.20 Å². The van der Waals surface area contributed by atoms with Gasteiger partial charge in [-0.25, -0.2) is 4.98 Å². The molecule has 0 saturated carbocycles. The second-order valence-electron chi connectivity index (χ2n) is 5.07. The van der Waals surface area contributed by atoms with Crippen molar-refractivity contribution in [2.75, 3.05) is 11.5 Å². The molecule has 4 N–H and O–H groups in total. The first-order valence-corrected chi connectivity index (χ1v) is 5.91. The third-order valence-corrected chi connectivity index (χ3v) is 3.05. The first kappa shape index (κ1) is 12.4. The molecule has 0 aliphatic carbocycles. The Morgan fingerprint density at radius 3 is 2.39 bits per heavy atom. The van der Waals surface area contributed by atoms with Crippen molar-refractivity contribution >= 4 is 11.8 Å². The standard InChI is InChI=1S/C14H18N4/c1-14(2,8-10-6-4-3-5-7-10)11-9-17-13(16)18-12(11)15/h3-7,9H,8H2,1-2H3,(H4,15,16,17,18). The van der Waals surface area contributed by atoms with Gasteiger partial charge in [-0.15, -0.1) is 0 Å². The highest BCUT2D eigenvalue weighted by molar-refractivity contribution is 5.46. The molecule has 0 amide bonds. The van der Waals surface area contributed by atoms with Crippen LogP contribution in [0, 0.1) is 0 Å². The Balaban J connectivity index is 2.30. The Hall–Kier alpha value is -2.10. The highest BCUT2D eigenvalue weighted by atomic mass is 15.0. The van der Waals surface area contributed by atoms with Crippen LogP contribution < -0.4 is 11.5 Å². The maximum atomic E-state index is 5.93. The first-order valence-electron chi connectivity index (χ1n) is 5.91. The van der Waals surface area contributed by atoms with Gasteiger partial charge >= 0.3 is 0 Å². The van der Waals surface area contributed by atoms with E-state index in [9.17, 15) is 0 Å². The summed E-state index contributed by atoms with van der Waals surface area (Å²) >= 11 is 0. The summed E-state index contributed by atoms with van der Waals surface area (Å²) in [6.45, 7) is 4.26. The molecule has 0 bridgehead atoms. The summed E-state index contributed by atoms with van der Waals surface area (Å²) in [5, 5.41) is 0. The van der Waals surface area contributed by atoms with Gasteiger partial charge in [0.1, 0.15) is 5.82 Å². The van der Waals surface area contributed by atoms with Crippen LogP contribution in [-0.4, -0.2) is 9.97 Å². The molecular weight excluding hydrogens is 224 g/mol. The van der Waals surface area contributed by atoms with Crippen LogP contribution in [0.25, 0.3) is 0 Å². The molecule has 0 saturated heterocycles. The number of anilines is 2. The lowest BCUT2D eigenvalue weighted by atomic mass is 9.80. The van der Waals surface area contributed by atoms with Gasteiger partial charge in [0.25, 0.3) is 0 Å². The number of aromatic nitrogens is 2. The predicted octanol–water partition coefficient (Wildman–Crippen LogP) is 2.16. The lowest BCUT2D eigenvalue weighted by molar-refractivity contribution is 0.520. The molecule has 0 fully saturated rings. The van der Waals surface area contributed by atoms with E-state index in [4.69, 9.17) is 11.5 Å². The molecule has 18 heavy (non-hydrogen) atoms. The van der Waals surface area contributed by atoms with E-state index < -0.39 is 0 Å². The van der Waals surface area contributed by atoms with Crippen LogP contribution in [0.2, 0.25) is 0 Å². The highest BCUT2D eigenvalue weighted by Crippen LogP contribution is 2.30. The van der Waals surface area contributed by atoms with Crippen molar-refractivity contribution in [3.63, 3.8) is 0 Å². The molecule has 4 heteroatoms. The zero-order valence-electron chi connectivity index (χ0n) is 10.7.